The van der Waals surface area contributed by atoms with Crippen LogP contribution in [0.1, 0.15) is 43.6 Å². The lowest BCUT2D eigenvalue weighted by Gasteiger charge is -2.11. The number of carbonyl (C=O) groups is 1. The molecular weight excluding hydrogens is 230 g/mol. The van der Waals surface area contributed by atoms with E-state index in [1.165, 1.54) is 13.2 Å². The highest BCUT2D eigenvalue weighted by Gasteiger charge is 2.11. The van der Waals surface area contributed by atoms with Crippen LogP contribution in [0.15, 0.2) is 18.2 Å². The van der Waals surface area contributed by atoms with Gasteiger partial charge in [-0.2, -0.15) is 5.26 Å². The van der Waals surface area contributed by atoms with Crippen molar-refractivity contribution >= 4 is 5.97 Å². The van der Waals surface area contributed by atoms with Gasteiger partial charge in [0.15, 0.2) is 0 Å². The Bertz CT molecular complexity index is 433. The van der Waals surface area contributed by atoms with E-state index in [9.17, 15) is 4.79 Å². The van der Waals surface area contributed by atoms with E-state index in [0.29, 0.717) is 16.9 Å². The lowest BCUT2D eigenvalue weighted by molar-refractivity contribution is 0.0600. The first-order chi connectivity index (χ1) is 8.58. The molecule has 0 saturated heterocycles. The molecule has 0 saturated carbocycles. The van der Waals surface area contributed by atoms with Gasteiger partial charge in [-0.25, -0.2) is 4.79 Å². The van der Waals surface area contributed by atoms with E-state index in [2.05, 4.69) is 4.74 Å². The Labute approximate surface area is 108 Å². The molecule has 0 N–H and O–H groups in total. The fourth-order valence-corrected chi connectivity index (χ4v) is 1.22. The van der Waals surface area contributed by atoms with Crippen LogP contribution in [0.5, 0.6) is 5.75 Å². The molecule has 0 unspecified atom stereocenters. The first kappa shape index (κ1) is 16.0. The van der Waals surface area contributed by atoms with Crippen LogP contribution >= 0.6 is 0 Å². The van der Waals surface area contributed by atoms with Gasteiger partial charge in [0.25, 0.3) is 0 Å². The molecule has 0 aliphatic carbocycles. The molecule has 0 atom stereocenters. The molecule has 98 valence electrons. The number of hydrogen-bond donors (Lipinski definition) is 0. The summed E-state index contributed by atoms with van der Waals surface area (Å²) in [6.07, 6.45) is -0.0175. The van der Waals surface area contributed by atoms with E-state index in [1.807, 2.05) is 33.8 Å². The zero-order valence-electron chi connectivity index (χ0n) is 11.5. The Kier molecular flexibility index (Phi) is 7.22. The minimum absolute atomic E-state index is 0.0175. The molecule has 0 aromatic heterocycles. The van der Waals surface area contributed by atoms with E-state index >= 15 is 0 Å². The summed E-state index contributed by atoms with van der Waals surface area (Å²) in [6.45, 7) is 7.74. The van der Waals surface area contributed by atoms with E-state index in [-0.39, 0.29) is 6.10 Å². The van der Waals surface area contributed by atoms with Crippen molar-refractivity contribution in [1.82, 2.24) is 0 Å². The SMILES string of the molecule is CC.COC(=O)c1ccc(OC(C)C)c(C#N)c1. The summed E-state index contributed by atoms with van der Waals surface area (Å²) in [6, 6.07) is 6.63. The number of nitrogens with zero attached hydrogens (tertiary/aromatic N) is 1. The number of methoxy groups -OCH3 is 1. The van der Waals surface area contributed by atoms with Gasteiger partial charge in [0.05, 0.1) is 24.3 Å². The second-order valence-corrected chi connectivity index (χ2v) is 3.48. The Morgan fingerprint density at radius 2 is 1.94 bits per heavy atom. The van der Waals surface area contributed by atoms with Crippen LogP contribution < -0.4 is 4.74 Å². The Hall–Kier alpha value is -2.02. The zero-order valence-corrected chi connectivity index (χ0v) is 11.5. The summed E-state index contributed by atoms with van der Waals surface area (Å²) in [4.78, 5) is 11.2. The number of benzene rings is 1. The number of rotatable bonds is 3. The van der Waals surface area contributed by atoms with E-state index in [4.69, 9.17) is 10.00 Å². The third kappa shape index (κ3) is 4.46. The lowest BCUT2D eigenvalue weighted by Crippen LogP contribution is -2.08. The van der Waals surface area contributed by atoms with Gasteiger partial charge in [-0.05, 0) is 32.0 Å². The molecule has 0 amide bonds. The van der Waals surface area contributed by atoms with Crippen molar-refractivity contribution in [3.63, 3.8) is 0 Å². The number of hydrogen-bond acceptors (Lipinski definition) is 4. The monoisotopic (exact) mass is 249 g/mol. The van der Waals surface area contributed by atoms with E-state index in [1.54, 1.807) is 12.1 Å². The van der Waals surface area contributed by atoms with Gasteiger partial charge in [0, 0.05) is 0 Å². The van der Waals surface area contributed by atoms with Gasteiger partial charge < -0.3 is 9.47 Å². The Morgan fingerprint density at radius 1 is 1.33 bits per heavy atom. The average Bonchev–Trinajstić information content (AvgIpc) is 2.40. The smallest absolute Gasteiger partial charge is 0.337 e. The highest BCUT2D eigenvalue weighted by molar-refractivity contribution is 5.90. The second-order valence-electron chi connectivity index (χ2n) is 3.48. The summed E-state index contributed by atoms with van der Waals surface area (Å²) in [7, 11) is 1.30. The zero-order chi connectivity index (χ0) is 14.1. The first-order valence-electron chi connectivity index (χ1n) is 5.87. The quantitative estimate of drug-likeness (QED) is 0.772. The van der Waals surface area contributed by atoms with Gasteiger partial charge in [0.2, 0.25) is 0 Å². The van der Waals surface area contributed by atoms with Gasteiger partial charge in [-0.15, -0.1) is 0 Å². The molecule has 0 spiro atoms. The molecule has 0 bridgehead atoms. The summed E-state index contributed by atoms with van der Waals surface area (Å²) in [5, 5.41) is 8.93. The number of esters is 1. The summed E-state index contributed by atoms with van der Waals surface area (Å²) >= 11 is 0. The molecule has 4 nitrogen and oxygen atoms in total. The summed E-state index contributed by atoms with van der Waals surface area (Å²) in [5.41, 5.74) is 0.673. The molecule has 1 aromatic carbocycles. The normalized spacial score (nSPS) is 8.94. The van der Waals surface area contributed by atoms with Crippen LogP contribution in [0, 0.1) is 11.3 Å². The van der Waals surface area contributed by atoms with Crippen LogP contribution in [0.2, 0.25) is 0 Å². The minimum Gasteiger partial charge on any atom is -0.490 e. The molecule has 18 heavy (non-hydrogen) atoms. The van der Waals surface area contributed by atoms with Gasteiger partial charge in [0.1, 0.15) is 11.8 Å². The maximum absolute atomic E-state index is 11.2. The van der Waals surface area contributed by atoms with Crippen molar-refractivity contribution < 1.29 is 14.3 Å². The van der Waals surface area contributed by atoms with Crippen molar-refractivity contribution in [2.24, 2.45) is 0 Å². The fraction of sp³-hybridized carbons (Fsp3) is 0.429. The lowest BCUT2D eigenvalue weighted by atomic mass is 10.1. The van der Waals surface area contributed by atoms with E-state index in [0.717, 1.165) is 0 Å². The third-order valence-corrected chi connectivity index (χ3v) is 1.88. The molecule has 1 rings (SSSR count). The standard InChI is InChI=1S/C12H13NO3.C2H6/c1-8(2)16-11-5-4-9(12(14)15-3)6-10(11)7-13;1-2/h4-6,8H,1-3H3;1-2H3. The number of carbonyl (C=O) groups excluding carboxylic acids is 1. The van der Waals surface area contributed by atoms with Crippen molar-refractivity contribution in [2.75, 3.05) is 7.11 Å². The van der Waals surface area contributed by atoms with Crippen molar-refractivity contribution in [3.05, 3.63) is 29.3 Å². The van der Waals surface area contributed by atoms with Crippen LogP contribution in [0.25, 0.3) is 0 Å². The Morgan fingerprint density at radius 3 is 2.39 bits per heavy atom. The summed E-state index contributed by atoms with van der Waals surface area (Å²) < 4.78 is 10.00. The maximum atomic E-state index is 11.2. The van der Waals surface area contributed by atoms with E-state index < -0.39 is 5.97 Å². The van der Waals surface area contributed by atoms with Gasteiger partial charge >= 0.3 is 5.97 Å². The fourth-order valence-electron chi connectivity index (χ4n) is 1.22. The molecule has 0 radical (unpaired) electrons. The third-order valence-electron chi connectivity index (χ3n) is 1.88. The molecule has 0 heterocycles. The van der Waals surface area contributed by atoms with Crippen LogP contribution in [-0.2, 0) is 4.74 Å². The predicted molar refractivity (Wildman–Crippen MR) is 69.6 cm³/mol. The molecule has 0 fully saturated rings. The molecule has 4 heteroatoms. The van der Waals surface area contributed by atoms with Gasteiger partial charge in [-0.3, -0.25) is 0 Å². The molecular formula is C14H19NO3. The highest BCUT2D eigenvalue weighted by atomic mass is 16.5. The largest absolute Gasteiger partial charge is 0.490 e. The number of ether oxygens (including phenoxy) is 2. The molecule has 1 aromatic rings. The predicted octanol–water partition coefficient (Wildman–Crippen LogP) is 3.16. The summed E-state index contributed by atoms with van der Waals surface area (Å²) in [5.74, 6) is 0.0118. The molecule has 0 aliphatic heterocycles. The second kappa shape index (κ2) is 8.13. The minimum atomic E-state index is -0.465. The highest BCUT2D eigenvalue weighted by Crippen LogP contribution is 2.20. The van der Waals surface area contributed by atoms with Crippen molar-refractivity contribution in [1.29, 1.82) is 5.26 Å². The number of nitriles is 1. The van der Waals surface area contributed by atoms with Crippen LogP contribution in [-0.4, -0.2) is 19.2 Å². The first-order valence-corrected chi connectivity index (χ1v) is 5.87. The van der Waals surface area contributed by atoms with Gasteiger partial charge in [-0.1, -0.05) is 13.8 Å². The topological polar surface area (TPSA) is 59.3 Å². The van der Waals surface area contributed by atoms with Crippen LogP contribution in [0.3, 0.4) is 0 Å². The molecule has 0 aliphatic rings. The van der Waals surface area contributed by atoms with Crippen molar-refractivity contribution in [3.8, 4) is 11.8 Å². The Balaban J connectivity index is 0.00000137. The van der Waals surface area contributed by atoms with Crippen molar-refractivity contribution in [2.45, 2.75) is 33.8 Å². The van der Waals surface area contributed by atoms with Crippen LogP contribution in [0.4, 0.5) is 0 Å². The maximum Gasteiger partial charge on any atom is 0.337 e. The average molecular weight is 249 g/mol.